The van der Waals surface area contributed by atoms with E-state index in [2.05, 4.69) is 22.3 Å². The molecule has 146 valence electrons. The molecule has 30 heavy (non-hydrogen) atoms. The Labute approximate surface area is 173 Å². The van der Waals surface area contributed by atoms with Crippen LogP contribution >= 0.6 is 0 Å². The minimum Gasteiger partial charge on any atom is -0.366 e. The molecule has 0 saturated carbocycles. The summed E-state index contributed by atoms with van der Waals surface area (Å²) in [5, 5.41) is 2.83. The van der Waals surface area contributed by atoms with E-state index < -0.39 is 5.91 Å². The number of hydrogen-bond acceptors (Lipinski definition) is 3. The molecule has 0 radical (unpaired) electrons. The van der Waals surface area contributed by atoms with Gasteiger partial charge in [0.25, 0.3) is 5.91 Å². The molecule has 6 nitrogen and oxygen atoms in total. The van der Waals surface area contributed by atoms with Crippen LogP contribution in [0.1, 0.15) is 31.8 Å². The van der Waals surface area contributed by atoms with E-state index in [1.807, 2.05) is 37.3 Å². The number of amides is 2. The number of aryl methyl sites for hydroxylation is 1. The lowest BCUT2D eigenvalue weighted by molar-refractivity contribution is 0.0995. The summed E-state index contributed by atoms with van der Waals surface area (Å²) < 4.78 is 1.78. The molecule has 0 saturated heterocycles. The highest BCUT2D eigenvalue weighted by Gasteiger charge is 2.08. The van der Waals surface area contributed by atoms with Gasteiger partial charge in [0.15, 0.2) is 0 Å². The number of carbonyl (C=O) groups is 2. The fourth-order valence-corrected chi connectivity index (χ4v) is 3.00. The number of rotatable bonds is 3. The summed E-state index contributed by atoms with van der Waals surface area (Å²) in [7, 11) is 0. The van der Waals surface area contributed by atoms with Gasteiger partial charge in [0.2, 0.25) is 5.91 Å². The number of primary amides is 1. The smallest absolute Gasteiger partial charge is 0.255 e. The molecule has 0 aliphatic rings. The average Bonchev–Trinajstić information content (AvgIpc) is 3.14. The highest BCUT2D eigenvalue weighted by atomic mass is 16.2. The summed E-state index contributed by atoms with van der Waals surface area (Å²) in [4.78, 5) is 28.0. The number of nitrogens with two attached hydrogens (primary N) is 1. The Kier molecular flexibility index (Phi) is 5.02. The number of benzene rings is 3. The molecule has 3 N–H and O–H groups in total. The van der Waals surface area contributed by atoms with Crippen molar-refractivity contribution in [2.24, 2.45) is 5.73 Å². The van der Waals surface area contributed by atoms with Crippen LogP contribution in [-0.2, 0) is 0 Å². The first-order valence-electron chi connectivity index (χ1n) is 9.26. The second-order valence-corrected chi connectivity index (χ2v) is 6.82. The minimum atomic E-state index is -0.533. The van der Waals surface area contributed by atoms with Crippen molar-refractivity contribution < 1.29 is 9.59 Å². The lowest BCUT2D eigenvalue weighted by atomic mass is 10.1. The SMILES string of the molecule is Cc1ccc2c(c1)ncn2C#Cc1cccc(NC(=O)c2ccc(C(N)=O)cc2)c1. The fraction of sp³-hybridized carbons (Fsp3) is 0.0417. The molecule has 1 heterocycles. The number of carbonyl (C=O) groups excluding carboxylic acids is 2. The predicted octanol–water partition coefficient (Wildman–Crippen LogP) is 3.55. The lowest BCUT2D eigenvalue weighted by Gasteiger charge is -2.06. The van der Waals surface area contributed by atoms with Crippen molar-refractivity contribution in [3.05, 3.63) is 95.3 Å². The van der Waals surface area contributed by atoms with Gasteiger partial charge in [0.1, 0.15) is 6.33 Å². The van der Waals surface area contributed by atoms with E-state index >= 15 is 0 Å². The monoisotopic (exact) mass is 394 g/mol. The van der Waals surface area contributed by atoms with Crippen LogP contribution in [0.25, 0.3) is 11.0 Å². The molecule has 2 amide bonds. The minimum absolute atomic E-state index is 0.285. The van der Waals surface area contributed by atoms with Gasteiger partial charge >= 0.3 is 0 Å². The summed E-state index contributed by atoms with van der Waals surface area (Å²) in [6.45, 7) is 2.02. The van der Waals surface area contributed by atoms with Crippen molar-refractivity contribution in [2.45, 2.75) is 6.92 Å². The first-order chi connectivity index (χ1) is 14.5. The number of anilines is 1. The zero-order valence-electron chi connectivity index (χ0n) is 16.2. The van der Waals surface area contributed by atoms with Crippen molar-refractivity contribution in [3.8, 4) is 12.0 Å². The summed E-state index contributed by atoms with van der Waals surface area (Å²) in [5.41, 5.74) is 10.4. The van der Waals surface area contributed by atoms with Crippen LogP contribution in [0, 0.1) is 18.9 Å². The van der Waals surface area contributed by atoms with Crippen LogP contribution in [-0.4, -0.2) is 21.4 Å². The Bertz CT molecular complexity index is 1320. The van der Waals surface area contributed by atoms with Crippen molar-refractivity contribution >= 4 is 28.5 Å². The van der Waals surface area contributed by atoms with Crippen LogP contribution in [0.5, 0.6) is 0 Å². The van der Waals surface area contributed by atoms with E-state index in [0.29, 0.717) is 16.8 Å². The van der Waals surface area contributed by atoms with Gasteiger partial charge in [-0.25, -0.2) is 4.98 Å². The third-order valence-corrected chi connectivity index (χ3v) is 4.58. The van der Waals surface area contributed by atoms with Gasteiger partial charge < -0.3 is 11.1 Å². The van der Waals surface area contributed by atoms with E-state index in [-0.39, 0.29) is 5.91 Å². The Morgan fingerprint density at radius 3 is 2.53 bits per heavy atom. The fourth-order valence-electron chi connectivity index (χ4n) is 3.00. The average molecular weight is 394 g/mol. The third kappa shape index (κ3) is 4.05. The molecule has 0 aliphatic carbocycles. The van der Waals surface area contributed by atoms with Crippen molar-refractivity contribution in [2.75, 3.05) is 5.32 Å². The molecule has 0 spiro atoms. The van der Waals surface area contributed by atoms with Gasteiger partial charge in [0, 0.05) is 28.4 Å². The zero-order chi connectivity index (χ0) is 21.1. The predicted molar refractivity (Wildman–Crippen MR) is 116 cm³/mol. The highest BCUT2D eigenvalue weighted by molar-refractivity contribution is 6.05. The van der Waals surface area contributed by atoms with Crippen LogP contribution < -0.4 is 11.1 Å². The van der Waals surface area contributed by atoms with Gasteiger partial charge in [-0.15, -0.1) is 0 Å². The molecule has 4 aromatic rings. The van der Waals surface area contributed by atoms with E-state index in [1.165, 1.54) is 12.1 Å². The molecule has 4 rings (SSSR count). The Morgan fingerprint density at radius 2 is 1.77 bits per heavy atom. The van der Waals surface area contributed by atoms with Crippen LogP contribution in [0.3, 0.4) is 0 Å². The molecule has 0 aliphatic heterocycles. The summed E-state index contributed by atoms with van der Waals surface area (Å²) in [6, 6.07) is 22.6. The number of aromatic nitrogens is 2. The van der Waals surface area contributed by atoms with Crippen molar-refractivity contribution in [1.29, 1.82) is 0 Å². The van der Waals surface area contributed by atoms with Gasteiger partial charge in [-0.1, -0.05) is 12.1 Å². The summed E-state index contributed by atoms with van der Waals surface area (Å²) >= 11 is 0. The van der Waals surface area contributed by atoms with Gasteiger partial charge in [0.05, 0.1) is 11.0 Å². The molecule has 6 heteroatoms. The van der Waals surface area contributed by atoms with Crippen molar-refractivity contribution in [3.63, 3.8) is 0 Å². The second-order valence-electron chi connectivity index (χ2n) is 6.82. The number of nitrogens with zero attached hydrogens (tertiary/aromatic N) is 2. The third-order valence-electron chi connectivity index (χ3n) is 4.58. The Hall–Kier alpha value is -4.37. The first-order valence-corrected chi connectivity index (χ1v) is 9.26. The highest BCUT2D eigenvalue weighted by Crippen LogP contribution is 2.15. The normalized spacial score (nSPS) is 10.3. The van der Waals surface area contributed by atoms with Gasteiger partial charge in [-0.3, -0.25) is 14.2 Å². The quantitative estimate of drug-likeness (QED) is 0.521. The number of nitrogens with one attached hydrogen (secondary N) is 1. The van der Waals surface area contributed by atoms with Crippen LogP contribution in [0.2, 0.25) is 0 Å². The molecule has 0 unspecified atom stereocenters. The number of fused-ring (bicyclic) bond motifs is 1. The molecule has 0 atom stereocenters. The first kappa shape index (κ1) is 19.0. The second kappa shape index (κ2) is 7.94. The number of imidazole rings is 1. The molecule has 0 fully saturated rings. The molecule has 0 bridgehead atoms. The zero-order valence-corrected chi connectivity index (χ0v) is 16.2. The van der Waals surface area contributed by atoms with E-state index in [1.54, 1.807) is 35.2 Å². The molecular formula is C24H18N4O2. The van der Waals surface area contributed by atoms with Crippen molar-refractivity contribution in [1.82, 2.24) is 9.55 Å². The standard InChI is InChI=1S/C24H18N4O2/c1-16-5-10-22-21(13-16)26-15-28(22)12-11-17-3-2-4-20(14-17)27-24(30)19-8-6-18(7-9-19)23(25)29/h2-10,13-15H,1H3,(H2,25,29)(H,27,30). The maximum absolute atomic E-state index is 12.4. The Balaban J connectivity index is 1.52. The van der Waals surface area contributed by atoms with Crippen LogP contribution in [0.4, 0.5) is 5.69 Å². The lowest BCUT2D eigenvalue weighted by Crippen LogP contribution is -2.14. The molecular weight excluding hydrogens is 376 g/mol. The molecule has 1 aromatic heterocycles. The van der Waals surface area contributed by atoms with Gasteiger partial charge in [-0.05, 0) is 73.0 Å². The maximum atomic E-state index is 12.4. The van der Waals surface area contributed by atoms with E-state index in [9.17, 15) is 9.59 Å². The largest absolute Gasteiger partial charge is 0.366 e. The van der Waals surface area contributed by atoms with Gasteiger partial charge in [-0.2, -0.15) is 0 Å². The van der Waals surface area contributed by atoms with E-state index in [0.717, 1.165) is 22.2 Å². The summed E-state index contributed by atoms with van der Waals surface area (Å²) in [5.74, 6) is 2.28. The topological polar surface area (TPSA) is 90.0 Å². The Morgan fingerprint density at radius 1 is 1.00 bits per heavy atom. The van der Waals surface area contributed by atoms with E-state index in [4.69, 9.17) is 5.73 Å². The summed E-state index contributed by atoms with van der Waals surface area (Å²) in [6.07, 6.45) is 1.69. The maximum Gasteiger partial charge on any atom is 0.255 e. The van der Waals surface area contributed by atoms with Crippen LogP contribution in [0.15, 0.2) is 73.1 Å². The number of hydrogen-bond donors (Lipinski definition) is 2. The molecule has 3 aromatic carbocycles.